The Kier molecular flexibility index (Phi) is 2.69. The maximum Gasteiger partial charge on any atom is 0.105 e. The zero-order valence-electron chi connectivity index (χ0n) is 9.89. The van der Waals surface area contributed by atoms with Gasteiger partial charge in [-0.1, -0.05) is 0 Å². The predicted octanol–water partition coefficient (Wildman–Crippen LogP) is 0.343. The fourth-order valence-electron chi connectivity index (χ4n) is 3.02. The van der Waals surface area contributed by atoms with Crippen molar-refractivity contribution in [3.8, 4) is 0 Å². The number of rotatable bonds is 3. The molecule has 4 nitrogen and oxygen atoms in total. The van der Waals surface area contributed by atoms with Crippen LogP contribution < -0.4 is 5.32 Å². The average Bonchev–Trinajstić information content (AvgIpc) is 2.89. The molecule has 16 heavy (non-hydrogen) atoms. The van der Waals surface area contributed by atoms with Crippen molar-refractivity contribution in [1.82, 2.24) is 19.8 Å². The van der Waals surface area contributed by atoms with Crippen LogP contribution in [0.4, 0.5) is 0 Å². The summed E-state index contributed by atoms with van der Waals surface area (Å²) in [5.74, 6) is 2.94. The van der Waals surface area contributed by atoms with Gasteiger partial charge in [0.15, 0.2) is 0 Å². The highest BCUT2D eigenvalue weighted by Gasteiger charge is 2.35. The van der Waals surface area contributed by atoms with Crippen LogP contribution in [0.5, 0.6) is 0 Å². The largest absolute Gasteiger partial charge is 0.334 e. The summed E-state index contributed by atoms with van der Waals surface area (Å²) in [5, 5.41) is 3.48. The molecular weight excluding hydrogens is 200 g/mol. The summed E-state index contributed by atoms with van der Waals surface area (Å²) in [6, 6.07) is 0. The van der Waals surface area contributed by atoms with E-state index in [-0.39, 0.29) is 0 Å². The van der Waals surface area contributed by atoms with Gasteiger partial charge in [-0.15, -0.1) is 0 Å². The van der Waals surface area contributed by atoms with Crippen molar-refractivity contribution in [1.29, 1.82) is 0 Å². The first-order valence-electron chi connectivity index (χ1n) is 6.24. The van der Waals surface area contributed by atoms with Crippen molar-refractivity contribution in [2.45, 2.75) is 13.5 Å². The quantitative estimate of drug-likeness (QED) is 0.797. The van der Waals surface area contributed by atoms with Crippen LogP contribution in [0, 0.1) is 18.8 Å². The maximum absolute atomic E-state index is 4.25. The van der Waals surface area contributed by atoms with E-state index in [1.807, 2.05) is 6.20 Å². The summed E-state index contributed by atoms with van der Waals surface area (Å²) in [5.41, 5.74) is 0. The number of nitrogens with one attached hydrogen (secondary N) is 1. The summed E-state index contributed by atoms with van der Waals surface area (Å²) >= 11 is 0. The Balaban J connectivity index is 1.52. The van der Waals surface area contributed by atoms with Crippen LogP contribution in [-0.4, -0.2) is 47.2 Å². The number of aryl methyl sites for hydroxylation is 1. The van der Waals surface area contributed by atoms with E-state index < -0.39 is 0 Å². The molecule has 0 saturated carbocycles. The summed E-state index contributed by atoms with van der Waals surface area (Å²) in [6.07, 6.45) is 3.96. The Morgan fingerprint density at radius 3 is 2.69 bits per heavy atom. The summed E-state index contributed by atoms with van der Waals surface area (Å²) < 4.78 is 2.24. The van der Waals surface area contributed by atoms with Crippen LogP contribution in [0.25, 0.3) is 0 Å². The molecule has 0 radical (unpaired) electrons. The van der Waals surface area contributed by atoms with E-state index in [9.17, 15) is 0 Å². The van der Waals surface area contributed by atoms with Gasteiger partial charge in [0.2, 0.25) is 0 Å². The third-order valence-electron chi connectivity index (χ3n) is 4.05. The lowest BCUT2D eigenvalue weighted by atomic mass is 10.0. The van der Waals surface area contributed by atoms with Gasteiger partial charge in [-0.05, 0) is 31.8 Å². The smallest absolute Gasteiger partial charge is 0.105 e. The molecule has 1 aromatic rings. The highest BCUT2D eigenvalue weighted by atomic mass is 15.2. The predicted molar refractivity (Wildman–Crippen MR) is 63.3 cm³/mol. The molecule has 0 aliphatic carbocycles. The Morgan fingerprint density at radius 2 is 2.06 bits per heavy atom. The second-order valence-corrected chi connectivity index (χ2v) is 5.11. The molecule has 0 amide bonds. The molecular formula is C12H20N4. The van der Waals surface area contributed by atoms with Crippen LogP contribution in [0.15, 0.2) is 12.4 Å². The molecule has 0 unspecified atom stereocenters. The van der Waals surface area contributed by atoms with E-state index in [0.717, 1.165) is 24.2 Å². The zero-order valence-corrected chi connectivity index (χ0v) is 9.89. The van der Waals surface area contributed by atoms with Gasteiger partial charge >= 0.3 is 0 Å². The number of nitrogens with zero attached hydrogens (tertiary/aromatic N) is 3. The summed E-state index contributed by atoms with van der Waals surface area (Å²) in [6.45, 7) is 9.35. The van der Waals surface area contributed by atoms with Crippen LogP contribution in [0.3, 0.4) is 0 Å². The molecule has 0 spiro atoms. The van der Waals surface area contributed by atoms with E-state index in [1.54, 1.807) is 0 Å². The average molecular weight is 220 g/mol. The molecule has 2 saturated heterocycles. The second kappa shape index (κ2) is 4.18. The first-order valence-corrected chi connectivity index (χ1v) is 6.24. The molecule has 2 aliphatic heterocycles. The number of fused-ring (bicyclic) bond motifs is 1. The first kappa shape index (κ1) is 10.3. The van der Waals surface area contributed by atoms with Crippen molar-refractivity contribution in [3.05, 3.63) is 18.2 Å². The molecule has 1 aromatic heterocycles. The fraction of sp³-hybridized carbons (Fsp3) is 0.750. The zero-order chi connectivity index (χ0) is 11.0. The number of imidazole rings is 1. The maximum atomic E-state index is 4.25. The van der Waals surface area contributed by atoms with E-state index in [0.29, 0.717) is 0 Å². The van der Waals surface area contributed by atoms with E-state index in [2.05, 4.69) is 32.9 Å². The lowest BCUT2D eigenvalue weighted by Gasteiger charge is -2.17. The number of likely N-dealkylation sites (tertiary alicyclic amines) is 1. The van der Waals surface area contributed by atoms with Gasteiger partial charge in [0.25, 0.3) is 0 Å². The van der Waals surface area contributed by atoms with Gasteiger partial charge < -0.3 is 14.8 Å². The van der Waals surface area contributed by atoms with Crippen LogP contribution >= 0.6 is 0 Å². The normalized spacial score (nSPS) is 29.8. The molecule has 0 aromatic carbocycles. The Labute approximate surface area is 96.7 Å². The molecule has 1 N–H and O–H groups in total. The molecule has 3 heterocycles. The summed E-state index contributed by atoms with van der Waals surface area (Å²) in [7, 11) is 0. The van der Waals surface area contributed by atoms with Crippen LogP contribution in [0.2, 0.25) is 0 Å². The third-order valence-corrected chi connectivity index (χ3v) is 4.05. The van der Waals surface area contributed by atoms with Crippen LogP contribution in [0.1, 0.15) is 5.82 Å². The SMILES string of the molecule is Cc1nccn1CCN1C[C@H]2CNC[C@H]2C1. The molecule has 3 rings (SSSR count). The fourth-order valence-corrected chi connectivity index (χ4v) is 3.02. The molecule has 0 bridgehead atoms. The highest BCUT2D eigenvalue weighted by molar-refractivity contribution is 4.92. The van der Waals surface area contributed by atoms with E-state index >= 15 is 0 Å². The number of aromatic nitrogens is 2. The second-order valence-electron chi connectivity index (χ2n) is 5.11. The molecule has 2 aliphatic rings. The minimum absolute atomic E-state index is 0.906. The van der Waals surface area contributed by atoms with Crippen molar-refractivity contribution >= 4 is 0 Å². The minimum atomic E-state index is 0.906. The topological polar surface area (TPSA) is 33.1 Å². The van der Waals surface area contributed by atoms with Crippen molar-refractivity contribution in [3.63, 3.8) is 0 Å². The monoisotopic (exact) mass is 220 g/mol. The standard InChI is InChI=1S/C12H20N4/c1-10-14-2-3-16(10)5-4-15-8-11-6-13-7-12(11)9-15/h2-3,11-13H,4-9H2,1H3/t11-,12+. The summed E-state index contributed by atoms with van der Waals surface area (Å²) in [4.78, 5) is 6.86. The lowest BCUT2D eigenvalue weighted by molar-refractivity contribution is 0.298. The van der Waals surface area contributed by atoms with Crippen molar-refractivity contribution in [2.24, 2.45) is 11.8 Å². The van der Waals surface area contributed by atoms with Crippen molar-refractivity contribution < 1.29 is 0 Å². The molecule has 4 heteroatoms. The third kappa shape index (κ3) is 1.87. The van der Waals surface area contributed by atoms with Gasteiger partial charge in [-0.25, -0.2) is 4.98 Å². The van der Waals surface area contributed by atoms with Gasteiger partial charge in [-0.3, -0.25) is 0 Å². The number of hydrogen-bond acceptors (Lipinski definition) is 3. The lowest BCUT2D eigenvalue weighted by Crippen LogP contribution is -2.29. The van der Waals surface area contributed by atoms with E-state index in [1.165, 1.54) is 32.7 Å². The highest BCUT2D eigenvalue weighted by Crippen LogP contribution is 2.25. The molecule has 2 atom stereocenters. The van der Waals surface area contributed by atoms with Gasteiger partial charge in [0.05, 0.1) is 0 Å². The Morgan fingerprint density at radius 1 is 1.31 bits per heavy atom. The Bertz CT molecular complexity index is 348. The Hall–Kier alpha value is -0.870. The molecule has 2 fully saturated rings. The van der Waals surface area contributed by atoms with Crippen molar-refractivity contribution in [2.75, 3.05) is 32.7 Å². The van der Waals surface area contributed by atoms with E-state index in [4.69, 9.17) is 0 Å². The van der Waals surface area contributed by atoms with Gasteiger partial charge in [0, 0.05) is 38.6 Å². The first-order chi connectivity index (χ1) is 7.83. The molecule has 88 valence electrons. The van der Waals surface area contributed by atoms with Crippen LogP contribution in [-0.2, 0) is 6.54 Å². The van der Waals surface area contributed by atoms with Gasteiger partial charge in [0.1, 0.15) is 5.82 Å². The minimum Gasteiger partial charge on any atom is -0.334 e. The number of hydrogen-bond donors (Lipinski definition) is 1. The van der Waals surface area contributed by atoms with Gasteiger partial charge in [-0.2, -0.15) is 0 Å².